The van der Waals surface area contributed by atoms with Gasteiger partial charge in [-0.05, 0) is 50.8 Å². The van der Waals surface area contributed by atoms with Crippen molar-refractivity contribution in [2.75, 3.05) is 5.32 Å². The van der Waals surface area contributed by atoms with Crippen molar-refractivity contribution in [3.05, 3.63) is 34.4 Å². The predicted molar refractivity (Wildman–Crippen MR) is 95.4 cm³/mol. The number of amides is 1. The smallest absolute Gasteiger partial charge is 0.413 e. The van der Waals surface area contributed by atoms with Gasteiger partial charge in [-0.15, -0.1) is 0 Å². The summed E-state index contributed by atoms with van der Waals surface area (Å²) in [7, 11) is 0. The van der Waals surface area contributed by atoms with Gasteiger partial charge in [0.05, 0.1) is 0 Å². The van der Waals surface area contributed by atoms with Gasteiger partial charge in [-0.1, -0.05) is 35.8 Å². The van der Waals surface area contributed by atoms with Crippen LogP contribution in [0.2, 0.25) is 0 Å². The van der Waals surface area contributed by atoms with Gasteiger partial charge in [0.1, 0.15) is 11.4 Å². The number of rotatable bonds is 1. The third-order valence-electron chi connectivity index (χ3n) is 2.63. The molecule has 4 nitrogen and oxygen atoms in total. The molecule has 0 aliphatic heterocycles. The molecule has 2 rings (SSSR count). The number of anilines is 1. The molecule has 1 amide bonds. The van der Waals surface area contributed by atoms with E-state index in [2.05, 4.69) is 26.2 Å². The number of nitrogens with one attached hydrogen (secondary N) is 1. The first-order valence-electron chi connectivity index (χ1n) is 7.30. The summed E-state index contributed by atoms with van der Waals surface area (Å²) in [5.41, 5.74) is 0.606. The Morgan fingerprint density at radius 3 is 2.41 bits per heavy atom. The van der Waals surface area contributed by atoms with Crippen LogP contribution >= 0.6 is 15.9 Å². The standard InChI is InChI=1S/C15H17BrN2O2.C2H6/c1-9-5-10-7-13(17-8-11(10)6-12(9)16)18-14(19)20-15(2,3)4;1-2/h5-8H,1-4H3,(H,17,18,19);1-2H3. The van der Waals surface area contributed by atoms with E-state index in [-0.39, 0.29) is 0 Å². The molecule has 1 aromatic carbocycles. The van der Waals surface area contributed by atoms with Crippen molar-refractivity contribution in [3.63, 3.8) is 0 Å². The van der Waals surface area contributed by atoms with E-state index < -0.39 is 11.7 Å². The molecule has 0 bridgehead atoms. The topological polar surface area (TPSA) is 51.2 Å². The van der Waals surface area contributed by atoms with Crippen LogP contribution in [0, 0.1) is 6.92 Å². The fourth-order valence-electron chi connectivity index (χ4n) is 1.76. The molecule has 0 aliphatic rings. The first-order valence-corrected chi connectivity index (χ1v) is 8.10. The normalized spacial score (nSPS) is 10.7. The van der Waals surface area contributed by atoms with Crippen LogP contribution in [0.15, 0.2) is 28.9 Å². The van der Waals surface area contributed by atoms with E-state index >= 15 is 0 Å². The Kier molecular flexibility index (Phi) is 6.35. The monoisotopic (exact) mass is 366 g/mol. The summed E-state index contributed by atoms with van der Waals surface area (Å²) < 4.78 is 6.24. The average molecular weight is 367 g/mol. The minimum Gasteiger partial charge on any atom is -0.444 e. The molecular weight excluding hydrogens is 344 g/mol. The van der Waals surface area contributed by atoms with Crippen LogP contribution in [0.25, 0.3) is 10.8 Å². The molecular formula is C17H23BrN2O2. The maximum atomic E-state index is 11.7. The number of ether oxygens (including phenoxy) is 1. The van der Waals surface area contributed by atoms with E-state index in [4.69, 9.17) is 4.74 Å². The molecule has 0 aliphatic carbocycles. The number of aryl methyl sites for hydroxylation is 1. The molecule has 1 N–H and O–H groups in total. The summed E-state index contributed by atoms with van der Waals surface area (Å²) in [6, 6.07) is 5.88. The van der Waals surface area contributed by atoms with Crippen LogP contribution < -0.4 is 5.32 Å². The Morgan fingerprint density at radius 1 is 1.18 bits per heavy atom. The summed E-state index contributed by atoms with van der Waals surface area (Å²) >= 11 is 3.49. The van der Waals surface area contributed by atoms with E-state index in [0.717, 1.165) is 20.8 Å². The second kappa shape index (κ2) is 7.58. The van der Waals surface area contributed by atoms with Gasteiger partial charge >= 0.3 is 6.09 Å². The maximum absolute atomic E-state index is 11.7. The zero-order valence-electron chi connectivity index (χ0n) is 14.0. The minimum atomic E-state index is -0.525. The number of pyridine rings is 1. The summed E-state index contributed by atoms with van der Waals surface area (Å²) in [6.45, 7) is 11.5. The zero-order chi connectivity index (χ0) is 16.9. The van der Waals surface area contributed by atoms with Gasteiger partial charge in [0, 0.05) is 16.1 Å². The number of halogens is 1. The second-order valence-corrected chi connectivity index (χ2v) is 6.50. The molecule has 22 heavy (non-hydrogen) atoms. The lowest BCUT2D eigenvalue weighted by Crippen LogP contribution is -2.27. The van der Waals surface area contributed by atoms with E-state index in [0.29, 0.717) is 5.82 Å². The van der Waals surface area contributed by atoms with Crippen molar-refractivity contribution in [3.8, 4) is 0 Å². The molecule has 0 radical (unpaired) electrons. The lowest BCUT2D eigenvalue weighted by Gasteiger charge is -2.19. The Hall–Kier alpha value is -1.62. The van der Waals surface area contributed by atoms with Gasteiger partial charge in [0.2, 0.25) is 0 Å². The Bertz CT molecular complexity index is 663. The Morgan fingerprint density at radius 2 is 1.82 bits per heavy atom. The fraction of sp³-hybridized carbons (Fsp3) is 0.412. The van der Waals surface area contributed by atoms with Crippen molar-refractivity contribution < 1.29 is 9.53 Å². The Balaban J connectivity index is 0.00000116. The molecule has 0 unspecified atom stereocenters. The highest BCUT2D eigenvalue weighted by Gasteiger charge is 2.16. The van der Waals surface area contributed by atoms with Gasteiger partial charge in [-0.2, -0.15) is 0 Å². The van der Waals surface area contributed by atoms with Crippen LogP contribution in [0.1, 0.15) is 40.2 Å². The van der Waals surface area contributed by atoms with Crippen molar-refractivity contribution >= 4 is 38.6 Å². The van der Waals surface area contributed by atoms with Crippen molar-refractivity contribution in [1.29, 1.82) is 0 Å². The number of aromatic nitrogens is 1. The lowest BCUT2D eigenvalue weighted by molar-refractivity contribution is 0.0635. The van der Waals surface area contributed by atoms with Crippen LogP contribution in [-0.4, -0.2) is 16.7 Å². The number of hydrogen-bond acceptors (Lipinski definition) is 3. The molecule has 0 fully saturated rings. The van der Waals surface area contributed by atoms with Gasteiger partial charge in [0.15, 0.2) is 0 Å². The SMILES string of the molecule is CC.Cc1cc2cc(NC(=O)OC(C)(C)C)ncc2cc1Br. The largest absolute Gasteiger partial charge is 0.444 e. The molecule has 1 aromatic heterocycles. The number of carbonyl (C=O) groups excluding carboxylic acids is 1. The first kappa shape index (κ1) is 18.4. The van der Waals surface area contributed by atoms with E-state index in [1.54, 1.807) is 6.20 Å². The van der Waals surface area contributed by atoms with Crippen LogP contribution in [0.4, 0.5) is 10.6 Å². The molecule has 120 valence electrons. The Labute approximate surface area is 140 Å². The van der Waals surface area contributed by atoms with Gasteiger partial charge < -0.3 is 4.74 Å². The van der Waals surface area contributed by atoms with E-state index in [9.17, 15) is 4.79 Å². The number of nitrogens with zero attached hydrogens (tertiary/aromatic N) is 1. The van der Waals surface area contributed by atoms with Crippen LogP contribution in [-0.2, 0) is 4.74 Å². The third-order valence-corrected chi connectivity index (χ3v) is 3.48. The zero-order valence-corrected chi connectivity index (χ0v) is 15.5. The van der Waals surface area contributed by atoms with E-state index in [1.165, 1.54) is 0 Å². The quantitative estimate of drug-likeness (QED) is 0.706. The third kappa shape index (κ3) is 5.30. The highest BCUT2D eigenvalue weighted by molar-refractivity contribution is 9.10. The molecule has 2 aromatic rings. The number of fused-ring (bicyclic) bond motifs is 1. The summed E-state index contributed by atoms with van der Waals surface area (Å²) in [4.78, 5) is 15.9. The highest BCUT2D eigenvalue weighted by atomic mass is 79.9. The molecule has 0 saturated carbocycles. The van der Waals surface area contributed by atoms with Crippen molar-refractivity contribution in [2.45, 2.75) is 47.1 Å². The van der Waals surface area contributed by atoms with Gasteiger partial charge in [-0.25, -0.2) is 9.78 Å². The highest BCUT2D eigenvalue weighted by Crippen LogP contribution is 2.25. The van der Waals surface area contributed by atoms with Crippen LogP contribution in [0.3, 0.4) is 0 Å². The molecule has 0 saturated heterocycles. The second-order valence-electron chi connectivity index (χ2n) is 5.64. The molecule has 0 atom stereocenters. The fourth-order valence-corrected chi connectivity index (χ4v) is 2.12. The average Bonchev–Trinajstić information content (AvgIpc) is 2.40. The summed E-state index contributed by atoms with van der Waals surface area (Å²) in [6.07, 6.45) is 1.23. The van der Waals surface area contributed by atoms with Crippen molar-refractivity contribution in [1.82, 2.24) is 4.98 Å². The minimum absolute atomic E-state index is 0.480. The first-order chi connectivity index (χ1) is 10.2. The number of carbonyl (C=O) groups is 1. The molecule has 0 spiro atoms. The van der Waals surface area contributed by atoms with Crippen molar-refractivity contribution in [2.24, 2.45) is 0 Å². The number of benzene rings is 1. The summed E-state index contributed by atoms with van der Waals surface area (Å²) in [5.74, 6) is 0.480. The molecule has 5 heteroatoms. The lowest BCUT2D eigenvalue weighted by atomic mass is 10.1. The summed E-state index contributed by atoms with van der Waals surface area (Å²) in [5, 5.41) is 4.67. The predicted octanol–water partition coefficient (Wildman–Crippen LogP) is 5.68. The number of hydrogen-bond donors (Lipinski definition) is 1. The van der Waals surface area contributed by atoms with Gasteiger partial charge in [-0.3, -0.25) is 5.32 Å². The maximum Gasteiger partial charge on any atom is 0.413 e. The van der Waals surface area contributed by atoms with Gasteiger partial charge in [0.25, 0.3) is 0 Å². The molecule has 1 heterocycles. The van der Waals surface area contributed by atoms with E-state index in [1.807, 2.05) is 59.7 Å². The van der Waals surface area contributed by atoms with Crippen LogP contribution in [0.5, 0.6) is 0 Å².